The highest BCUT2D eigenvalue weighted by Crippen LogP contribution is 2.28. The molecule has 0 saturated carbocycles. The Labute approximate surface area is 162 Å². The number of nitrogens with zero attached hydrogens (tertiary/aromatic N) is 1. The van der Waals surface area contributed by atoms with Gasteiger partial charge in [0.1, 0.15) is 11.6 Å². The number of benzene rings is 2. The van der Waals surface area contributed by atoms with Crippen molar-refractivity contribution in [3.05, 3.63) is 58.1 Å². The molecule has 0 aliphatic rings. The van der Waals surface area contributed by atoms with Crippen molar-refractivity contribution in [2.75, 3.05) is 12.4 Å². The topological polar surface area (TPSA) is 132 Å². The van der Waals surface area contributed by atoms with Crippen LogP contribution in [0.15, 0.2) is 36.4 Å². The van der Waals surface area contributed by atoms with Gasteiger partial charge in [0, 0.05) is 12.1 Å². The number of hydrogen-bond donors (Lipinski definition) is 3. The fraction of sp³-hybridized carbons (Fsp3) is 0.176. The fourth-order valence-electron chi connectivity index (χ4n) is 2.09. The van der Waals surface area contributed by atoms with E-state index in [1.54, 1.807) is 0 Å². The fourth-order valence-corrected chi connectivity index (χ4v) is 2.09. The van der Waals surface area contributed by atoms with Gasteiger partial charge in [-0.2, -0.15) is 0 Å². The SMILES string of the molecule is COc1cc([N+](=O)[O-])ccc1NC(=O)NNC(=O)[C@H](C)Oc1ccc(F)cc1F. The average Bonchev–Trinajstić information content (AvgIpc) is 2.68. The van der Waals surface area contributed by atoms with E-state index in [1.165, 1.54) is 20.1 Å². The molecule has 0 radical (unpaired) electrons. The Kier molecular flexibility index (Phi) is 6.85. The van der Waals surface area contributed by atoms with Crippen LogP contribution in [0.2, 0.25) is 0 Å². The maximum atomic E-state index is 13.5. The summed E-state index contributed by atoms with van der Waals surface area (Å²) in [5, 5.41) is 13.1. The van der Waals surface area contributed by atoms with Crippen LogP contribution >= 0.6 is 0 Å². The lowest BCUT2D eigenvalue weighted by atomic mass is 10.2. The van der Waals surface area contributed by atoms with Crippen LogP contribution in [-0.4, -0.2) is 30.1 Å². The van der Waals surface area contributed by atoms with E-state index in [4.69, 9.17) is 9.47 Å². The van der Waals surface area contributed by atoms with Gasteiger partial charge in [-0.05, 0) is 25.1 Å². The molecule has 0 aliphatic heterocycles. The zero-order valence-electron chi connectivity index (χ0n) is 15.2. The number of nitro groups is 1. The van der Waals surface area contributed by atoms with E-state index in [2.05, 4.69) is 5.32 Å². The van der Waals surface area contributed by atoms with E-state index >= 15 is 0 Å². The number of carbonyl (C=O) groups is 2. The minimum absolute atomic E-state index is 0.0316. The molecule has 3 amide bonds. The predicted octanol–water partition coefficient (Wildman–Crippen LogP) is 2.50. The van der Waals surface area contributed by atoms with Crippen molar-refractivity contribution in [3.8, 4) is 11.5 Å². The molecular formula is C17H16F2N4O6. The molecule has 2 aromatic carbocycles. The molecule has 0 fully saturated rings. The summed E-state index contributed by atoms with van der Waals surface area (Å²) >= 11 is 0. The summed E-state index contributed by atoms with van der Waals surface area (Å²) in [6, 6.07) is 5.23. The van der Waals surface area contributed by atoms with E-state index < -0.39 is 34.6 Å². The van der Waals surface area contributed by atoms with Crippen molar-refractivity contribution < 1.29 is 32.8 Å². The molecule has 0 unspecified atom stereocenters. The van der Waals surface area contributed by atoms with Crippen molar-refractivity contribution >= 4 is 23.3 Å². The molecule has 3 N–H and O–H groups in total. The lowest BCUT2D eigenvalue weighted by Gasteiger charge is -2.16. The van der Waals surface area contributed by atoms with Gasteiger partial charge in [-0.3, -0.25) is 20.3 Å². The zero-order chi connectivity index (χ0) is 21.6. The summed E-state index contributed by atoms with van der Waals surface area (Å²) in [6.45, 7) is 1.29. The number of hydrogen-bond acceptors (Lipinski definition) is 6. The number of methoxy groups -OCH3 is 1. The molecule has 0 aliphatic carbocycles. The van der Waals surface area contributed by atoms with Crippen LogP contribution in [0.1, 0.15) is 6.92 Å². The number of hydrazine groups is 1. The number of rotatable bonds is 6. The summed E-state index contributed by atoms with van der Waals surface area (Å²) in [4.78, 5) is 34.0. The summed E-state index contributed by atoms with van der Waals surface area (Å²) in [5.41, 5.74) is 3.96. The smallest absolute Gasteiger partial charge is 0.338 e. The first-order valence-corrected chi connectivity index (χ1v) is 8.02. The van der Waals surface area contributed by atoms with Crippen molar-refractivity contribution in [2.24, 2.45) is 0 Å². The Morgan fingerprint density at radius 1 is 1.10 bits per heavy atom. The molecule has 29 heavy (non-hydrogen) atoms. The van der Waals surface area contributed by atoms with Gasteiger partial charge >= 0.3 is 6.03 Å². The van der Waals surface area contributed by atoms with E-state index in [9.17, 15) is 28.5 Å². The number of ether oxygens (including phenoxy) is 2. The molecular weight excluding hydrogens is 394 g/mol. The zero-order valence-corrected chi connectivity index (χ0v) is 15.2. The third kappa shape index (κ3) is 5.76. The maximum absolute atomic E-state index is 13.5. The Morgan fingerprint density at radius 3 is 2.45 bits per heavy atom. The number of nitrogens with one attached hydrogen (secondary N) is 3. The van der Waals surface area contributed by atoms with Gasteiger partial charge in [0.2, 0.25) is 0 Å². The Hall–Kier alpha value is -3.96. The van der Waals surface area contributed by atoms with Gasteiger partial charge in [-0.1, -0.05) is 0 Å². The molecule has 154 valence electrons. The van der Waals surface area contributed by atoms with Gasteiger partial charge in [0.15, 0.2) is 17.7 Å². The second-order valence-electron chi connectivity index (χ2n) is 5.54. The lowest BCUT2D eigenvalue weighted by Crippen LogP contribution is -2.48. The Bertz CT molecular complexity index is 940. The lowest BCUT2D eigenvalue weighted by molar-refractivity contribution is -0.384. The van der Waals surface area contributed by atoms with E-state index in [1.807, 2.05) is 10.9 Å². The second kappa shape index (κ2) is 9.30. The normalized spacial score (nSPS) is 11.2. The maximum Gasteiger partial charge on any atom is 0.338 e. The van der Waals surface area contributed by atoms with E-state index in [0.29, 0.717) is 6.07 Å². The van der Waals surface area contributed by atoms with Gasteiger partial charge in [0.05, 0.1) is 23.8 Å². The molecule has 0 spiro atoms. The van der Waals surface area contributed by atoms with Crippen molar-refractivity contribution in [1.82, 2.24) is 10.9 Å². The minimum atomic E-state index is -1.22. The molecule has 2 aromatic rings. The van der Waals surface area contributed by atoms with Crippen LogP contribution in [0, 0.1) is 21.7 Å². The summed E-state index contributed by atoms with van der Waals surface area (Å²) in [6.07, 6.45) is -1.22. The largest absolute Gasteiger partial charge is 0.494 e. The first-order chi connectivity index (χ1) is 13.7. The Morgan fingerprint density at radius 2 is 1.83 bits per heavy atom. The molecule has 0 saturated heterocycles. The Balaban J connectivity index is 1.91. The van der Waals surface area contributed by atoms with Crippen molar-refractivity contribution in [3.63, 3.8) is 0 Å². The van der Waals surface area contributed by atoms with Crippen LogP contribution in [-0.2, 0) is 4.79 Å². The summed E-state index contributed by atoms with van der Waals surface area (Å²) in [7, 11) is 1.26. The molecule has 0 heterocycles. The van der Waals surface area contributed by atoms with Crippen LogP contribution in [0.5, 0.6) is 11.5 Å². The monoisotopic (exact) mass is 410 g/mol. The van der Waals surface area contributed by atoms with Crippen LogP contribution in [0.4, 0.5) is 25.0 Å². The highest BCUT2D eigenvalue weighted by Gasteiger charge is 2.18. The second-order valence-corrected chi connectivity index (χ2v) is 5.54. The quantitative estimate of drug-likeness (QED) is 0.495. The number of carbonyl (C=O) groups excluding carboxylic acids is 2. The summed E-state index contributed by atoms with van der Waals surface area (Å²) < 4.78 is 36.5. The number of amides is 3. The van der Waals surface area contributed by atoms with Crippen molar-refractivity contribution in [2.45, 2.75) is 13.0 Å². The van der Waals surface area contributed by atoms with Gasteiger partial charge in [0.25, 0.3) is 11.6 Å². The molecule has 12 heteroatoms. The van der Waals surface area contributed by atoms with E-state index in [0.717, 1.165) is 24.3 Å². The summed E-state index contributed by atoms with van der Waals surface area (Å²) in [5.74, 6) is -2.91. The van der Waals surface area contributed by atoms with E-state index in [-0.39, 0.29) is 22.9 Å². The standard InChI is InChI=1S/C17H16F2N4O6/c1-9(29-14-6-3-10(18)7-12(14)19)16(24)21-22-17(25)20-13-5-4-11(23(26)27)8-15(13)28-2/h3-9H,1-2H3,(H,21,24)(H2,20,22,25)/t9-/m0/s1. The average molecular weight is 410 g/mol. The number of non-ortho nitro benzene ring substituents is 1. The van der Waals surface area contributed by atoms with Crippen LogP contribution < -0.4 is 25.6 Å². The molecule has 0 bridgehead atoms. The number of nitro benzene ring substituents is 1. The molecule has 0 aromatic heterocycles. The molecule has 1 atom stereocenters. The molecule has 2 rings (SSSR count). The number of urea groups is 1. The minimum Gasteiger partial charge on any atom is -0.494 e. The predicted molar refractivity (Wildman–Crippen MR) is 96.4 cm³/mol. The van der Waals surface area contributed by atoms with Gasteiger partial charge in [-0.15, -0.1) is 0 Å². The highest BCUT2D eigenvalue weighted by atomic mass is 19.1. The van der Waals surface area contributed by atoms with Gasteiger partial charge < -0.3 is 14.8 Å². The van der Waals surface area contributed by atoms with Crippen LogP contribution in [0.3, 0.4) is 0 Å². The first-order valence-electron chi connectivity index (χ1n) is 8.02. The molecule has 10 nitrogen and oxygen atoms in total. The number of halogens is 2. The van der Waals surface area contributed by atoms with Crippen LogP contribution in [0.25, 0.3) is 0 Å². The third-order valence-electron chi connectivity index (χ3n) is 3.51. The van der Waals surface area contributed by atoms with Gasteiger partial charge in [-0.25, -0.2) is 19.0 Å². The van der Waals surface area contributed by atoms with Crippen molar-refractivity contribution in [1.29, 1.82) is 0 Å². The highest BCUT2D eigenvalue weighted by molar-refractivity contribution is 5.93. The third-order valence-corrected chi connectivity index (χ3v) is 3.51. The first kappa shape index (κ1) is 21.3. The number of anilines is 1.